The summed E-state index contributed by atoms with van der Waals surface area (Å²) in [6.45, 7) is 6.49. The molecule has 0 radical (unpaired) electrons. The van der Waals surface area contributed by atoms with Gasteiger partial charge in [-0.15, -0.1) is 0 Å². The van der Waals surface area contributed by atoms with E-state index >= 15 is 0 Å². The summed E-state index contributed by atoms with van der Waals surface area (Å²) in [6.07, 6.45) is 0. The summed E-state index contributed by atoms with van der Waals surface area (Å²) >= 11 is 5.34. The van der Waals surface area contributed by atoms with Gasteiger partial charge in [-0.1, -0.05) is 45.0 Å². The molecule has 1 aliphatic rings. The molecule has 0 saturated carbocycles. The van der Waals surface area contributed by atoms with Crippen LogP contribution in [0.25, 0.3) is 0 Å². The molecule has 0 saturated heterocycles. The van der Waals surface area contributed by atoms with Crippen LogP contribution in [0.4, 0.5) is 4.39 Å². The first-order valence-corrected chi connectivity index (χ1v) is 9.38. The Morgan fingerprint density at radius 3 is 2.32 bits per heavy atom. The maximum Gasteiger partial charge on any atom is 0.171 e. The van der Waals surface area contributed by atoms with E-state index in [2.05, 4.69) is 16.7 Å². The van der Waals surface area contributed by atoms with Crippen molar-refractivity contribution in [2.75, 3.05) is 0 Å². The second kappa shape index (κ2) is 7.99. The monoisotopic (exact) mass is 395 g/mol. The lowest BCUT2D eigenvalue weighted by molar-refractivity contribution is 0.306. The lowest BCUT2D eigenvalue weighted by Crippen LogP contribution is -2.46. The zero-order valence-electron chi connectivity index (χ0n) is 16.0. The first-order valence-electron chi connectivity index (χ1n) is 8.97. The molecule has 1 atom stereocenters. The number of nitrogens with one attached hydrogen (secondary N) is 2. The number of ether oxygens (including phenoxy) is 1. The third kappa shape index (κ3) is 4.49. The van der Waals surface area contributed by atoms with Crippen molar-refractivity contribution in [2.24, 2.45) is 5.41 Å². The predicted octanol–water partition coefficient (Wildman–Crippen LogP) is 4.75. The molecule has 2 aromatic rings. The number of hydrogen-bond acceptors (Lipinski definition) is 3. The van der Waals surface area contributed by atoms with Crippen molar-refractivity contribution in [3.63, 3.8) is 0 Å². The summed E-state index contributed by atoms with van der Waals surface area (Å²) < 4.78 is 18.7. The van der Waals surface area contributed by atoms with Gasteiger partial charge in [0, 0.05) is 11.1 Å². The summed E-state index contributed by atoms with van der Waals surface area (Å²) in [5.74, 6) is 0.430. The fraction of sp³-hybridized carbons (Fsp3) is 0.273. The molecule has 4 nitrogen and oxygen atoms in total. The van der Waals surface area contributed by atoms with E-state index in [0.717, 1.165) is 16.8 Å². The minimum Gasteiger partial charge on any atom is -0.489 e. The molecule has 0 unspecified atom stereocenters. The Bertz CT molecular complexity index is 938. The van der Waals surface area contributed by atoms with Crippen molar-refractivity contribution in [1.82, 2.24) is 10.6 Å². The first-order chi connectivity index (χ1) is 13.3. The van der Waals surface area contributed by atoms with Crippen LogP contribution >= 0.6 is 12.2 Å². The van der Waals surface area contributed by atoms with Gasteiger partial charge in [0.25, 0.3) is 0 Å². The summed E-state index contributed by atoms with van der Waals surface area (Å²) in [4.78, 5) is 0. The predicted molar refractivity (Wildman–Crippen MR) is 111 cm³/mol. The Morgan fingerprint density at radius 2 is 1.75 bits per heavy atom. The molecule has 0 aromatic heterocycles. The number of thiocarbonyl (C=S) groups is 1. The van der Waals surface area contributed by atoms with Gasteiger partial charge in [0.1, 0.15) is 18.2 Å². The largest absolute Gasteiger partial charge is 0.489 e. The van der Waals surface area contributed by atoms with Crippen molar-refractivity contribution >= 4 is 17.3 Å². The SMILES string of the molecule is CC(C)(C)C1=C(C#N)[C@H](c2ccc(OCc3ccc(F)cc3)cc2)NC(=S)N1. The Labute approximate surface area is 170 Å². The van der Waals surface area contributed by atoms with Crippen molar-refractivity contribution in [3.8, 4) is 11.8 Å². The zero-order valence-corrected chi connectivity index (χ0v) is 16.9. The molecule has 0 aliphatic carbocycles. The third-order valence-electron chi connectivity index (χ3n) is 4.47. The minimum atomic E-state index is -0.306. The van der Waals surface area contributed by atoms with Crippen molar-refractivity contribution in [3.05, 3.63) is 76.7 Å². The summed E-state index contributed by atoms with van der Waals surface area (Å²) in [6, 6.07) is 15.8. The topological polar surface area (TPSA) is 57.1 Å². The van der Waals surface area contributed by atoms with E-state index in [-0.39, 0.29) is 17.3 Å². The summed E-state index contributed by atoms with van der Waals surface area (Å²) in [7, 11) is 0. The highest BCUT2D eigenvalue weighted by Gasteiger charge is 2.32. The lowest BCUT2D eigenvalue weighted by atomic mass is 9.84. The van der Waals surface area contributed by atoms with Crippen molar-refractivity contribution in [1.29, 1.82) is 5.26 Å². The maximum atomic E-state index is 13.0. The number of benzene rings is 2. The molecule has 0 bridgehead atoms. The fourth-order valence-corrected chi connectivity index (χ4v) is 3.25. The van der Waals surface area contributed by atoms with Crippen LogP contribution in [0.15, 0.2) is 59.8 Å². The van der Waals surface area contributed by atoms with Gasteiger partial charge in [0.05, 0.1) is 17.7 Å². The normalized spacial score (nSPS) is 16.8. The van der Waals surface area contributed by atoms with Gasteiger partial charge in [-0.25, -0.2) is 4.39 Å². The number of nitriles is 1. The molecule has 2 N–H and O–H groups in total. The molecule has 0 amide bonds. The number of hydrogen-bond donors (Lipinski definition) is 2. The van der Waals surface area contributed by atoms with Crippen LogP contribution in [-0.4, -0.2) is 5.11 Å². The Morgan fingerprint density at radius 1 is 1.11 bits per heavy atom. The molecule has 6 heteroatoms. The van der Waals surface area contributed by atoms with Gasteiger partial charge in [-0.05, 0) is 47.6 Å². The molecule has 0 spiro atoms. The van der Waals surface area contributed by atoms with E-state index in [1.165, 1.54) is 12.1 Å². The van der Waals surface area contributed by atoms with E-state index in [4.69, 9.17) is 17.0 Å². The lowest BCUT2D eigenvalue weighted by Gasteiger charge is -2.34. The molecule has 28 heavy (non-hydrogen) atoms. The van der Waals surface area contributed by atoms with E-state index in [1.54, 1.807) is 12.1 Å². The van der Waals surface area contributed by atoms with Gasteiger partial charge in [0.15, 0.2) is 5.11 Å². The van der Waals surface area contributed by atoms with E-state index in [1.807, 2.05) is 45.0 Å². The van der Waals surface area contributed by atoms with Gasteiger partial charge >= 0.3 is 0 Å². The number of nitrogens with zero attached hydrogens (tertiary/aromatic N) is 1. The van der Waals surface area contributed by atoms with Gasteiger partial charge in [-0.2, -0.15) is 5.26 Å². The van der Waals surface area contributed by atoms with Crippen LogP contribution in [-0.2, 0) is 6.61 Å². The quantitative estimate of drug-likeness (QED) is 0.732. The highest BCUT2D eigenvalue weighted by atomic mass is 32.1. The molecular weight excluding hydrogens is 373 g/mol. The highest BCUT2D eigenvalue weighted by molar-refractivity contribution is 7.80. The molecule has 3 rings (SSSR count). The number of halogens is 1. The van der Waals surface area contributed by atoms with E-state index in [0.29, 0.717) is 23.0 Å². The second-order valence-corrected chi connectivity index (χ2v) is 8.07. The zero-order chi connectivity index (χ0) is 20.3. The van der Waals surface area contributed by atoms with Crippen LogP contribution in [0.5, 0.6) is 5.75 Å². The van der Waals surface area contributed by atoms with Crippen LogP contribution < -0.4 is 15.4 Å². The Balaban J connectivity index is 1.79. The third-order valence-corrected chi connectivity index (χ3v) is 4.69. The van der Waals surface area contributed by atoms with E-state index in [9.17, 15) is 9.65 Å². The van der Waals surface area contributed by atoms with Crippen molar-refractivity contribution in [2.45, 2.75) is 33.4 Å². The summed E-state index contributed by atoms with van der Waals surface area (Å²) in [5, 5.41) is 16.6. The van der Waals surface area contributed by atoms with Crippen LogP contribution in [0.3, 0.4) is 0 Å². The van der Waals surface area contributed by atoms with Gasteiger partial charge in [0.2, 0.25) is 0 Å². The second-order valence-electron chi connectivity index (χ2n) is 7.67. The maximum absolute atomic E-state index is 13.0. The minimum absolute atomic E-state index is 0.228. The standard InChI is InChI=1S/C22H22FN3OS/c1-22(2,3)20-18(12-24)19(25-21(28)26-20)15-6-10-17(11-7-15)27-13-14-4-8-16(23)9-5-14/h4-11,19H,13H2,1-3H3,(H2,25,26,28)/t19-/m0/s1. The average Bonchev–Trinajstić information content (AvgIpc) is 2.66. The Hall–Kier alpha value is -2.91. The molecule has 1 heterocycles. The molecule has 144 valence electrons. The first kappa shape index (κ1) is 19.8. The fourth-order valence-electron chi connectivity index (χ4n) is 3.03. The molecule has 0 fully saturated rings. The van der Waals surface area contributed by atoms with Crippen LogP contribution in [0, 0.1) is 22.6 Å². The van der Waals surface area contributed by atoms with Crippen molar-refractivity contribution < 1.29 is 9.13 Å². The smallest absolute Gasteiger partial charge is 0.171 e. The van der Waals surface area contributed by atoms with Crippen LogP contribution in [0.1, 0.15) is 37.9 Å². The van der Waals surface area contributed by atoms with E-state index < -0.39 is 0 Å². The Kier molecular flexibility index (Phi) is 5.66. The number of allylic oxidation sites excluding steroid dienone is 1. The van der Waals surface area contributed by atoms with Crippen LogP contribution in [0.2, 0.25) is 0 Å². The highest BCUT2D eigenvalue weighted by Crippen LogP contribution is 2.34. The molecular formula is C22H22FN3OS. The average molecular weight is 396 g/mol. The van der Waals surface area contributed by atoms with Gasteiger partial charge < -0.3 is 15.4 Å². The summed E-state index contributed by atoms with van der Waals surface area (Å²) in [5.41, 5.74) is 3.05. The number of rotatable bonds is 4. The molecule has 2 aromatic carbocycles. The van der Waals surface area contributed by atoms with Gasteiger partial charge in [-0.3, -0.25) is 0 Å². The molecule has 1 aliphatic heterocycles.